The van der Waals surface area contributed by atoms with Gasteiger partial charge in [0.2, 0.25) is 0 Å². The summed E-state index contributed by atoms with van der Waals surface area (Å²) >= 11 is 0. The summed E-state index contributed by atoms with van der Waals surface area (Å²) in [6.45, 7) is 1.19. The highest BCUT2D eigenvalue weighted by Crippen LogP contribution is 2.26. The number of methoxy groups -OCH3 is 1. The molecule has 0 aromatic carbocycles. The fourth-order valence-electron chi connectivity index (χ4n) is 2.15. The molecule has 0 saturated carbocycles. The summed E-state index contributed by atoms with van der Waals surface area (Å²) in [6, 6.07) is 3.72. The number of aromatic nitrogens is 1. The van der Waals surface area contributed by atoms with Crippen molar-refractivity contribution in [3.8, 4) is 0 Å². The molecule has 0 unspecified atom stereocenters. The Bertz CT molecular complexity index is 372. The summed E-state index contributed by atoms with van der Waals surface area (Å²) in [5.74, 6) is 0.134. The van der Waals surface area contributed by atoms with E-state index in [-0.39, 0.29) is 5.78 Å². The van der Waals surface area contributed by atoms with Crippen LogP contribution < -0.4 is 0 Å². The first-order valence-corrected chi connectivity index (χ1v) is 5.82. The Hall–Kier alpha value is -1.26. The van der Waals surface area contributed by atoms with Gasteiger partial charge in [0.05, 0.1) is 0 Å². The standard InChI is InChI=1S/C13H17NO3/c1-16-13(4-8-17-9-5-13)12(15)10-11-2-6-14-7-3-11/h2-3,6-7H,4-5,8-10H2,1H3. The van der Waals surface area contributed by atoms with Crippen LogP contribution in [0.15, 0.2) is 24.5 Å². The molecule has 17 heavy (non-hydrogen) atoms. The van der Waals surface area contributed by atoms with Crippen molar-refractivity contribution in [1.29, 1.82) is 0 Å². The van der Waals surface area contributed by atoms with Crippen LogP contribution in [0.3, 0.4) is 0 Å². The van der Waals surface area contributed by atoms with E-state index >= 15 is 0 Å². The minimum Gasteiger partial charge on any atom is -0.381 e. The maximum Gasteiger partial charge on any atom is 0.169 e. The lowest BCUT2D eigenvalue weighted by atomic mass is 9.86. The number of carbonyl (C=O) groups is 1. The molecule has 4 heteroatoms. The molecule has 2 rings (SSSR count). The van der Waals surface area contributed by atoms with Crippen LogP contribution in [0.2, 0.25) is 0 Å². The first-order valence-electron chi connectivity index (χ1n) is 5.82. The van der Waals surface area contributed by atoms with E-state index in [4.69, 9.17) is 9.47 Å². The second-order valence-electron chi connectivity index (χ2n) is 4.27. The number of carbonyl (C=O) groups excluding carboxylic acids is 1. The van der Waals surface area contributed by atoms with E-state index in [0.29, 0.717) is 32.5 Å². The zero-order valence-corrected chi connectivity index (χ0v) is 10.0. The van der Waals surface area contributed by atoms with Gasteiger partial charge < -0.3 is 9.47 Å². The number of Topliss-reactive ketones (excluding diaryl/α,β-unsaturated/α-hetero) is 1. The highest BCUT2D eigenvalue weighted by atomic mass is 16.5. The van der Waals surface area contributed by atoms with E-state index < -0.39 is 5.60 Å². The number of ketones is 1. The molecule has 0 radical (unpaired) electrons. The van der Waals surface area contributed by atoms with Crippen LogP contribution in [0.4, 0.5) is 0 Å². The molecule has 0 atom stereocenters. The molecule has 1 aromatic heterocycles. The van der Waals surface area contributed by atoms with Crippen LogP contribution in [0.25, 0.3) is 0 Å². The molecule has 2 heterocycles. The molecular formula is C13H17NO3. The van der Waals surface area contributed by atoms with Crippen LogP contribution in [-0.4, -0.2) is 36.7 Å². The molecule has 92 valence electrons. The van der Waals surface area contributed by atoms with Gasteiger partial charge in [-0.2, -0.15) is 0 Å². The Balaban J connectivity index is 2.07. The van der Waals surface area contributed by atoms with E-state index in [2.05, 4.69) is 4.98 Å². The molecule has 0 spiro atoms. The lowest BCUT2D eigenvalue weighted by Crippen LogP contribution is -2.46. The molecule has 0 aliphatic carbocycles. The van der Waals surface area contributed by atoms with Crippen molar-refractivity contribution in [2.24, 2.45) is 0 Å². The fraction of sp³-hybridized carbons (Fsp3) is 0.538. The van der Waals surface area contributed by atoms with Crippen LogP contribution >= 0.6 is 0 Å². The van der Waals surface area contributed by atoms with Gasteiger partial charge in [0, 0.05) is 52.0 Å². The molecule has 1 aliphatic heterocycles. The van der Waals surface area contributed by atoms with Gasteiger partial charge in [-0.1, -0.05) is 0 Å². The average molecular weight is 235 g/mol. The second-order valence-corrected chi connectivity index (χ2v) is 4.27. The molecule has 4 nitrogen and oxygen atoms in total. The number of pyridine rings is 1. The van der Waals surface area contributed by atoms with Gasteiger partial charge in [0.25, 0.3) is 0 Å². The van der Waals surface area contributed by atoms with Crippen molar-refractivity contribution in [3.05, 3.63) is 30.1 Å². The Morgan fingerprint density at radius 3 is 2.65 bits per heavy atom. The number of hydrogen-bond donors (Lipinski definition) is 0. The Morgan fingerprint density at radius 1 is 1.41 bits per heavy atom. The lowest BCUT2D eigenvalue weighted by molar-refractivity contribution is -0.151. The molecule has 0 amide bonds. The SMILES string of the molecule is COC1(C(=O)Cc2ccncc2)CCOCC1. The van der Waals surface area contributed by atoms with Gasteiger partial charge in [-0.05, 0) is 17.7 Å². The Kier molecular flexibility index (Phi) is 3.86. The van der Waals surface area contributed by atoms with Crippen LogP contribution in [-0.2, 0) is 20.7 Å². The number of ether oxygens (including phenoxy) is 2. The molecule has 1 aromatic rings. The summed E-state index contributed by atoms with van der Waals surface area (Å²) in [5, 5.41) is 0. The summed E-state index contributed by atoms with van der Waals surface area (Å²) in [5.41, 5.74) is 0.328. The normalized spacial score (nSPS) is 18.9. The molecule has 1 saturated heterocycles. The number of rotatable bonds is 4. The summed E-state index contributed by atoms with van der Waals surface area (Å²) in [6.07, 6.45) is 5.09. The van der Waals surface area contributed by atoms with Crippen LogP contribution in [0, 0.1) is 0 Å². The quantitative estimate of drug-likeness (QED) is 0.791. The smallest absolute Gasteiger partial charge is 0.169 e. The topological polar surface area (TPSA) is 48.4 Å². The molecule has 0 N–H and O–H groups in total. The predicted molar refractivity (Wildman–Crippen MR) is 62.7 cm³/mol. The van der Waals surface area contributed by atoms with Crippen molar-refractivity contribution >= 4 is 5.78 Å². The maximum atomic E-state index is 12.3. The average Bonchev–Trinajstić information content (AvgIpc) is 2.40. The largest absolute Gasteiger partial charge is 0.381 e. The number of hydrogen-bond acceptors (Lipinski definition) is 4. The van der Waals surface area contributed by atoms with Crippen LogP contribution in [0.5, 0.6) is 0 Å². The van der Waals surface area contributed by atoms with Gasteiger partial charge in [-0.3, -0.25) is 9.78 Å². The Labute approximate surface area is 101 Å². The van der Waals surface area contributed by atoms with E-state index in [1.807, 2.05) is 12.1 Å². The van der Waals surface area contributed by atoms with Crippen molar-refractivity contribution in [2.75, 3.05) is 20.3 Å². The van der Waals surface area contributed by atoms with Crippen molar-refractivity contribution < 1.29 is 14.3 Å². The third kappa shape index (κ3) is 2.70. The molecule has 1 aliphatic rings. The Morgan fingerprint density at radius 2 is 2.06 bits per heavy atom. The highest BCUT2D eigenvalue weighted by molar-refractivity contribution is 5.89. The van der Waals surface area contributed by atoms with Gasteiger partial charge in [0.15, 0.2) is 5.78 Å². The second kappa shape index (κ2) is 5.38. The molecule has 0 bridgehead atoms. The van der Waals surface area contributed by atoms with Crippen molar-refractivity contribution in [3.63, 3.8) is 0 Å². The van der Waals surface area contributed by atoms with Crippen molar-refractivity contribution in [2.45, 2.75) is 24.9 Å². The zero-order valence-electron chi connectivity index (χ0n) is 10.0. The molecular weight excluding hydrogens is 218 g/mol. The first kappa shape index (κ1) is 12.2. The van der Waals surface area contributed by atoms with Gasteiger partial charge in [-0.25, -0.2) is 0 Å². The lowest BCUT2D eigenvalue weighted by Gasteiger charge is -2.34. The number of nitrogens with zero attached hydrogens (tertiary/aromatic N) is 1. The first-order chi connectivity index (χ1) is 8.27. The van der Waals surface area contributed by atoms with E-state index in [1.54, 1.807) is 19.5 Å². The predicted octanol–water partition coefficient (Wildman–Crippen LogP) is 1.39. The maximum absolute atomic E-state index is 12.3. The van der Waals surface area contributed by atoms with Crippen LogP contribution in [0.1, 0.15) is 18.4 Å². The fourth-order valence-corrected chi connectivity index (χ4v) is 2.15. The minimum absolute atomic E-state index is 0.134. The summed E-state index contributed by atoms with van der Waals surface area (Å²) < 4.78 is 10.8. The van der Waals surface area contributed by atoms with Gasteiger partial charge in [0.1, 0.15) is 5.60 Å². The highest BCUT2D eigenvalue weighted by Gasteiger charge is 2.39. The van der Waals surface area contributed by atoms with E-state index in [1.165, 1.54) is 0 Å². The van der Waals surface area contributed by atoms with Gasteiger partial charge >= 0.3 is 0 Å². The zero-order chi connectivity index (χ0) is 12.1. The molecule has 1 fully saturated rings. The minimum atomic E-state index is -0.651. The third-order valence-electron chi connectivity index (χ3n) is 3.31. The summed E-state index contributed by atoms with van der Waals surface area (Å²) in [4.78, 5) is 16.3. The van der Waals surface area contributed by atoms with E-state index in [9.17, 15) is 4.79 Å². The van der Waals surface area contributed by atoms with E-state index in [0.717, 1.165) is 5.56 Å². The summed E-state index contributed by atoms with van der Waals surface area (Å²) in [7, 11) is 1.61. The third-order valence-corrected chi connectivity index (χ3v) is 3.31. The van der Waals surface area contributed by atoms with Gasteiger partial charge in [-0.15, -0.1) is 0 Å². The van der Waals surface area contributed by atoms with Crippen molar-refractivity contribution in [1.82, 2.24) is 4.98 Å². The monoisotopic (exact) mass is 235 g/mol.